The van der Waals surface area contributed by atoms with Gasteiger partial charge in [-0.1, -0.05) is 12.2 Å². The van der Waals surface area contributed by atoms with Crippen LogP contribution in [0.3, 0.4) is 0 Å². The summed E-state index contributed by atoms with van der Waals surface area (Å²) in [5.74, 6) is -1.04. The van der Waals surface area contributed by atoms with Crippen LogP contribution < -0.4 is 5.32 Å². The van der Waals surface area contributed by atoms with Gasteiger partial charge in [0.15, 0.2) is 0 Å². The second-order valence-electron chi connectivity index (χ2n) is 2.89. The Bertz CT molecular complexity index is 395. The van der Waals surface area contributed by atoms with Crippen LogP contribution in [0.4, 0.5) is 0 Å². The summed E-state index contributed by atoms with van der Waals surface area (Å²) in [6.07, 6.45) is 3.41. The molecule has 0 aromatic carbocycles. The fourth-order valence-corrected chi connectivity index (χ4v) is 1.79. The van der Waals surface area contributed by atoms with Crippen LogP contribution in [0.15, 0.2) is 16.8 Å². The highest BCUT2D eigenvalue weighted by Crippen LogP contribution is 2.16. The van der Waals surface area contributed by atoms with Crippen molar-refractivity contribution in [3.63, 3.8) is 0 Å². The van der Waals surface area contributed by atoms with Crippen LogP contribution in [0.5, 0.6) is 0 Å². The summed E-state index contributed by atoms with van der Waals surface area (Å²) in [4.78, 5) is 21.3. The number of aromatic carboxylic acids is 1. The number of rotatable bonds is 4. The van der Waals surface area contributed by atoms with Crippen LogP contribution in [0.25, 0.3) is 6.08 Å². The number of amides is 1. The highest BCUT2D eigenvalue weighted by atomic mass is 32.1. The van der Waals surface area contributed by atoms with Gasteiger partial charge in [-0.05, 0) is 10.9 Å². The molecule has 1 amide bonds. The van der Waals surface area contributed by atoms with E-state index < -0.39 is 5.97 Å². The van der Waals surface area contributed by atoms with Crippen molar-refractivity contribution in [1.82, 2.24) is 5.32 Å². The van der Waals surface area contributed by atoms with Crippen LogP contribution in [-0.4, -0.2) is 23.5 Å². The molecular weight excluding hydrogens is 214 g/mol. The van der Waals surface area contributed by atoms with E-state index in [1.54, 1.807) is 22.9 Å². The number of hydrogen-bond acceptors (Lipinski definition) is 3. The standard InChI is InChI=1S/C10H11NO3S/c1-7(12)11-4-2-3-8-5-15-6-9(8)10(13)14/h2-3,5-6H,4H2,1H3,(H,11,12)(H,13,14). The molecule has 0 bridgehead atoms. The third-order valence-corrected chi connectivity index (χ3v) is 2.45. The van der Waals surface area contributed by atoms with Crippen LogP contribution in [0.1, 0.15) is 22.8 Å². The fourth-order valence-electron chi connectivity index (χ4n) is 0.998. The topological polar surface area (TPSA) is 66.4 Å². The molecule has 0 aliphatic heterocycles. The molecule has 0 fully saturated rings. The van der Waals surface area contributed by atoms with Crippen molar-refractivity contribution >= 4 is 29.3 Å². The molecule has 0 saturated carbocycles. The second kappa shape index (κ2) is 5.31. The number of carbonyl (C=O) groups is 2. The average molecular weight is 225 g/mol. The third-order valence-electron chi connectivity index (χ3n) is 1.69. The van der Waals surface area contributed by atoms with Gasteiger partial charge in [-0.2, -0.15) is 11.3 Å². The van der Waals surface area contributed by atoms with E-state index >= 15 is 0 Å². The maximum atomic E-state index is 10.7. The monoisotopic (exact) mass is 225 g/mol. The molecule has 0 unspecified atom stereocenters. The molecule has 5 heteroatoms. The summed E-state index contributed by atoms with van der Waals surface area (Å²) in [6.45, 7) is 1.84. The number of carbonyl (C=O) groups excluding carboxylic acids is 1. The molecule has 1 rings (SSSR count). The number of hydrogen-bond donors (Lipinski definition) is 2. The predicted molar refractivity (Wildman–Crippen MR) is 59.0 cm³/mol. The van der Waals surface area contributed by atoms with E-state index in [4.69, 9.17) is 5.11 Å². The zero-order chi connectivity index (χ0) is 11.3. The number of nitrogens with one attached hydrogen (secondary N) is 1. The van der Waals surface area contributed by atoms with Gasteiger partial charge in [-0.25, -0.2) is 4.79 Å². The van der Waals surface area contributed by atoms with E-state index in [2.05, 4.69) is 5.32 Å². The van der Waals surface area contributed by atoms with Crippen molar-refractivity contribution in [2.45, 2.75) is 6.92 Å². The molecule has 0 aliphatic carbocycles. The van der Waals surface area contributed by atoms with Gasteiger partial charge in [-0.15, -0.1) is 0 Å². The lowest BCUT2D eigenvalue weighted by atomic mass is 10.2. The maximum absolute atomic E-state index is 10.7. The highest BCUT2D eigenvalue weighted by Gasteiger charge is 2.07. The molecule has 0 aliphatic rings. The minimum atomic E-state index is -0.935. The second-order valence-corrected chi connectivity index (χ2v) is 3.63. The van der Waals surface area contributed by atoms with Gasteiger partial charge < -0.3 is 10.4 Å². The first-order valence-corrected chi connectivity index (χ1v) is 5.26. The summed E-state index contributed by atoms with van der Waals surface area (Å²) in [5, 5.41) is 14.7. The van der Waals surface area contributed by atoms with Crippen molar-refractivity contribution in [1.29, 1.82) is 0 Å². The van der Waals surface area contributed by atoms with Gasteiger partial charge in [0.1, 0.15) is 0 Å². The normalized spacial score (nSPS) is 10.5. The minimum Gasteiger partial charge on any atom is -0.478 e. The summed E-state index contributed by atoms with van der Waals surface area (Å²) >= 11 is 1.34. The summed E-state index contributed by atoms with van der Waals surface area (Å²) in [7, 11) is 0. The van der Waals surface area contributed by atoms with Gasteiger partial charge in [-0.3, -0.25) is 4.79 Å². The van der Waals surface area contributed by atoms with E-state index in [9.17, 15) is 9.59 Å². The van der Waals surface area contributed by atoms with Crippen molar-refractivity contribution in [2.24, 2.45) is 0 Å². The third kappa shape index (κ3) is 3.55. The van der Waals surface area contributed by atoms with Crippen molar-refractivity contribution in [2.75, 3.05) is 6.54 Å². The van der Waals surface area contributed by atoms with Gasteiger partial charge in [0.05, 0.1) is 5.56 Å². The number of thiophene rings is 1. The van der Waals surface area contributed by atoms with Crippen molar-refractivity contribution in [3.05, 3.63) is 28.0 Å². The molecule has 0 saturated heterocycles. The van der Waals surface area contributed by atoms with Crippen molar-refractivity contribution in [3.8, 4) is 0 Å². The lowest BCUT2D eigenvalue weighted by Gasteiger charge is -1.95. The molecule has 1 heterocycles. The Kier molecular flexibility index (Phi) is 4.05. The Labute approximate surface area is 91.2 Å². The lowest BCUT2D eigenvalue weighted by molar-refractivity contribution is -0.118. The Morgan fingerprint density at radius 3 is 2.87 bits per heavy atom. The Hall–Kier alpha value is -1.62. The first kappa shape index (κ1) is 11.5. The van der Waals surface area contributed by atoms with Crippen LogP contribution in [0, 0.1) is 0 Å². The smallest absolute Gasteiger partial charge is 0.337 e. The molecule has 0 atom stereocenters. The average Bonchev–Trinajstić information content (AvgIpc) is 2.60. The van der Waals surface area contributed by atoms with E-state index in [1.165, 1.54) is 18.3 Å². The molecule has 0 spiro atoms. The summed E-state index contributed by atoms with van der Waals surface area (Å²) in [5.41, 5.74) is 0.955. The van der Waals surface area contributed by atoms with Gasteiger partial charge in [0.25, 0.3) is 0 Å². The first-order chi connectivity index (χ1) is 7.11. The fraction of sp³-hybridized carbons (Fsp3) is 0.200. The Morgan fingerprint density at radius 2 is 2.27 bits per heavy atom. The molecule has 2 N–H and O–H groups in total. The predicted octanol–water partition coefficient (Wildman–Crippen LogP) is 1.60. The first-order valence-electron chi connectivity index (χ1n) is 4.31. The van der Waals surface area contributed by atoms with E-state index in [0.29, 0.717) is 17.7 Å². The maximum Gasteiger partial charge on any atom is 0.337 e. The Morgan fingerprint density at radius 1 is 1.53 bits per heavy atom. The molecular formula is C10H11NO3S. The van der Waals surface area contributed by atoms with Gasteiger partial charge in [0, 0.05) is 18.8 Å². The zero-order valence-corrected chi connectivity index (χ0v) is 9.00. The molecule has 1 aromatic heterocycles. The SMILES string of the molecule is CC(=O)NCC=Cc1cscc1C(=O)O. The highest BCUT2D eigenvalue weighted by molar-refractivity contribution is 7.08. The van der Waals surface area contributed by atoms with Crippen LogP contribution >= 0.6 is 11.3 Å². The zero-order valence-electron chi connectivity index (χ0n) is 8.19. The van der Waals surface area contributed by atoms with Gasteiger partial charge in [0.2, 0.25) is 5.91 Å². The van der Waals surface area contributed by atoms with E-state index in [-0.39, 0.29) is 5.91 Å². The van der Waals surface area contributed by atoms with Crippen molar-refractivity contribution < 1.29 is 14.7 Å². The van der Waals surface area contributed by atoms with Crippen LogP contribution in [-0.2, 0) is 4.79 Å². The number of carboxylic acids is 1. The van der Waals surface area contributed by atoms with E-state index in [0.717, 1.165) is 0 Å². The molecule has 4 nitrogen and oxygen atoms in total. The van der Waals surface area contributed by atoms with E-state index in [1.807, 2.05) is 0 Å². The number of carboxylic acid groups (broad SMARTS) is 1. The minimum absolute atomic E-state index is 0.108. The molecule has 0 radical (unpaired) electrons. The summed E-state index contributed by atoms with van der Waals surface area (Å²) in [6, 6.07) is 0. The Balaban J connectivity index is 2.60. The lowest BCUT2D eigenvalue weighted by Crippen LogP contribution is -2.19. The molecule has 1 aromatic rings. The van der Waals surface area contributed by atoms with Crippen LogP contribution in [0.2, 0.25) is 0 Å². The summed E-state index contributed by atoms with van der Waals surface area (Å²) < 4.78 is 0. The molecule has 15 heavy (non-hydrogen) atoms. The quantitative estimate of drug-likeness (QED) is 0.817. The molecule has 80 valence electrons. The van der Waals surface area contributed by atoms with Gasteiger partial charge >= 0.3 is 5.97 Å². The largest absolute Gasteiger partial charge is 0.478 e.